The summed E-state index contributed by atoms with van der Waals surface area (Å²) in [5.41, 5.74) is 11.1. The second kappa shape index (κ2) is 14.5. The maximum atomic E-state index is 10.2. The summed E-state index contributed by atoms with van der Waals surface area (Å²) in [7, 11) is 0. The molecule has 0 amide bonds. The molecule has 3 N–H and O–H groups in total. The van der Waals surface area contributed by atoms with Crippen LogP contribution in [0.5, 0.6) is 0 Å². The van der Waals surface area contributed by atoms with Crippen molar-refractivity contribution in [3.8, 4) is 0 Å². The molecule has 0 heterocycles. The van der Waals surface area contributed by atoms with Crippen LogP contribution < -0.4 is 5.73 Å². The van der Waals surface area contributed by atoms with Gasteiger partial charge in [-0.1, -0.05) is 77.2 Å². The number of unbranched alkanes of at least 4 members (excludes halogenated alkanes) is 7. The lowest BCUT2D eigenvalue weighted by Crippen LogP contribution is -2.07. The molecule has 1 aromatic rings. The predicted molar refractivity (Wildman–Crippen MR) is 121 cm³/mol. The number of carboxylic acids is 1. The fourth-order valence-electron chi connectivity index (χ4n) is 4.13. The molecule has 3 heteroatoms. The van der Waals surface area contributed by atoms with E-state index in [9.17, 15) is 4.79 Å². The van der Waals surface area contributed by atoms with Gasteiger partial charge in [0.2, 0.25) is 0 Å². The highest BCUT2D eigenvalue weighted by atomic mass is 16.4. The zero-order valence-electron chi connectivity index (χ0n) is 18.6. The van der Waals surface area contributed by atoms with Crippen molar-refractivity contribution >= 4 is 11.7 Å². The number of hydrogen-bond acceptors (Lipinski definition) is 2. The van der Waals surface area contributed by atoms with Gasteiger partial charge in [0.25, 0.3) is 0 Å². The molecule has 3 nitrogen and oxygen atoms in total. The van der Waals surface area contributed by atoms with Crippen molar-refractivity contribution in [3.63, 3.8) is 0 Å². The van der Waals surface area contributed by atoms with Crippen LogP contribution >= 0.6 is 0 Å². The summed E-state index contributed by atoms with van der Waals surface area (Å²) in [5.74, 6) is 0.129. The molecule has 1 saturated carbocycles. The SMILES string of the molecule is CCCCCCCCCCC(=O)O.Cc1c(N)ccc(C2CCCCC2)c1C. The molecule has 28 heavy (non-hydrogen) atoms. The Morgan fingerprint density at radius 1 is 0.929 bits per heavy atom. The van der Waals surface area contributed by atoms with Crippen molar-refractivity contribution in [3.05, 3.63) is 28.8 Å². The molecule has 0 atom stereocenters. The van der Waals surface area contributed by atoms with Crippen LogP contribution in [0.4, 0.5) is 5.69 Å². The third-order valence-electron chi connectivity index (χ3n) is 6.16. The van der Waals surface area contributed by atoms with Gasteiger partial charge in [-0.05, 0) is 61.8 Å². The first kappa shape index (κ1) is 24.5. The van der Waals surface area contributed by atoms with Crippen molar-refractivity contribution in [2.24, 2.45) is 0 Å². The summed E-state index contributed by atoms with van der Waals surface area (Å²) in [6, 6.07) is 4.32. The van der Waals surface area contributed by atoms with Crippen LogP contribution in [0.2, 0.25) is 0 Å². The molecular weight excluding hydrogens is 346 g/mol. The van der Waals surface area contributed by atoms with E-state index in [4.69, 9.17) is 10.8 Å². The molecule has 0 radical (unpaired) electrons. The van der Waals surface area contributed by atoms with Gasteiger partial charge in [-0.25, -0.2) is 0 Å². The maximum Gasteiger partial charge on any atom is 0.303 e. The summed E-state index contributed by atoms with van der Waals surface area (Å²) in [6.07, 6.45) is 17.0. The van der Waals surface area contributed by atoms with Crippen molar-refractivity contribution < 1.29 is 9.90 Å². The number of benzene rings is 1. The van der Waals surface area contributed by atoms with Crippen LogP contribution in [0, 0.1) is 13.8 Å². The Kier molecular flexibility index (Phi) is 12.7. The summed E-state index contributed by atoms with van der Waals surface area (Å²) in [5, 5.41) is 8.39. The first-order valence-electron chi connectivity index (χ1n) is 11.5. The number of hydrogen-bond donors (Lipinski definition) is 2. The molecule has 0 aliphatic heterocycles. The zero-order chi connectivity index (χ0) is 20.8. The van der Waals surface area contributed by atoms with E-state index in [2.05, 4.69) is 32.9 Å². The van der Waals surface area contributed by atoms with Crippen LogP contribution in [0.1, 0.15) is 119 Å². The van der Waals surface area contributed by atoms with E-state index in [1.807, 2.05) is 0 Å². The van der Waals surface area contributed by atoms with Gasteiger partial charge in [0.15, 0.2) is 0 Å². The molecule has 0 bridgehead atoms. The number of nitrogen functional groups attached to an aromatic ring is 1. The highest BCUT2D eigenvalue weighted by Crippen LogP contribution is 2.36. The number of nitrogens with two attached hydrogens (primary N) is 1. The van der Waals surface area contributed by atoms with Crippen molar-refractivity contribution in [2.75, 3.05) is 5.73 Å². The molecular formula is C25H43NO2. The van der Waals surface area contributed by atoms with Gasteiger partial charge in [-0.3, -0.25) is 4.79 Å². The quantitative estimate of drug-likeness (QED) is 0.321. The normalized spacial score (nSPS) is 14.4. The lowest BCUT2D eigenvalue weighted by Gasteiger charge is -2.24. The highest BCUT2D eigenvalue weighted by Gasteiger charge is 2.18. The Bertz CT molecular complexity index is 562. The smallest absolute Gasteiger partial charge is 0.303 e. The number of carbonyl (C=O) groups is 1. The van der Waals surface area contributed by atoms with Gasteiger partial charge in [0.05, 0.1) is 0 Å². The van der Waals surface area contributed by atoms with E-state index in [0.29, 0.717) is 6.42 Å². The maximum absolute atomic E-state index is 10.2. The standard InChI is InChI=1S/C14H21N.C11H22O2/c1-10-11(2)14(15)9-8-13(10)12-6-4-3-5-7-12;1-2-3-4-5-6-7-8-9-10-11(12)13/h8-9,12H,3-7,15H2,1-2H3;2-10H2,1H3,(H,12,13). The van der Waals surface area contributed by atoms with Gasteiger partial charge in [0.1, 0.15) is 0 Å². The van der Waals surface area contributed by atoms with Crippen molar-refractivity contribution in [2.45, 2.75) is 117 Å². The molecule has 160 valence electrons. The Labute approximate surface area is 173 Å². The fourth-order valence-corrected chi connectivity index (χ4v) is 4.13. The van der Waals surface area contributed by atoms with Gasteiger partial charge in [-0.2, -0.15) is 0 Å². The number of rotatable bonds is 10. The average Bonchev–Trinajstić information content (AvgIpc) is 2.69. The summed E-state index contributed by atoms with van der Waals surface area (Å²) >= 11 is 0. The summed E-state index contributed by atoms with van der Waals surface area (Å²) < 4.78 is 0. The van der Waals surface area contributed by atoms with E-state index in [-0.39, 0.29) is 0 Å². The van der Waals surface area contributed by atoms with E-state index < -0.39 is 5.97 Å². The Hall–Kier alpha value is -1.51. The van der Waals surface area contributed by atoms with Gasteiger partial charge < -0.3 is 10.8 Å². The van der Waals surface area contributed by atoms with Crippen LogP contribution in [0.3, 0.4) is 0 Å². The second-order valence-electron chi connectivity index (χ2n) is 8.45. The van der Waals surface area contributed by atoms with Gasteiger partial charge in [0, 0.05) is 12.1 Å². The molecule has 1 aromatic carbocycles. The summed E-state index contributed by atoms with van der Waals surface area (Å²) in [6.45, 7) is 6.57. The Morgan fingerprint density at radius 2 is 1.50 bits per heavy atom. The number of anilines is 1. The topological polar surface area (TPSA) is 63.3 Å². The van der Waals surface area contributed by atoms with E-state index >= 15 is 0 Å². The molecule has 2 rings (SSSR count). The Morgan fingerprint density at radius 3 is 2.07 bits per heavy atom. The monoisotopic (exact) mass is 389 g/mol. The minimum atomic E-state index is -0.661. The Balaban J connectivity index is 0.000000284. The molecule has 0 unspecified atom stereocenters. The number of aliphatic carboxylic acids is 1. The largest absolute Gasteiger partial charge is 0.481 e. The predicted octanol–water partition coefficient (Wildman–Crippen LogP) is 7.54. The van der Waals surface area contributed by atoms with E-state index in [1.165, 1.54) is 81.8 Å². The lowest BCUT2D eigenvalue weighted by molar-refractivity contribution is -0.137. The number of carboxylic acid groups (broad SMARTS) is 1. The van der Waals surface area contributed by atoms with Crippen molar-refractivity contribution in [1.29, 1.82) is 0 Å². The average molecular weight is 390 g/mol. The van der Waals surface area contributed by atoms with Gasteiger partial charge >= 0.3 is 5.97 Å². The first-order valence-corrected chi connectivity index (χ1v) is 11.5. The van der Waals surface area contributed by atoms with E-state index in [0.717, 1.165) is 24.4 Å². The zero-order valence-corrected chi connectivity index (χ0v) is 18.6. The van der Waals surface area contributed by atoms with Crippen molar-refractivity contribution in [1.82, 2.24) is 0 Å². The van der Waals surface area contributed by atoms with Crippen LogP contribution in [-0.2, 0) is 4.79 Å². The molecule has 0 spiro atoms. The minimum Gasteiger partial charge on any atom is -0.481 e. The lowest BCUT2D eigenvalue weighted by atomic mass is 9.81. The molecule has 0 aromatic heterocycles. The summed E-state index contributed by atoms with van der Waals surface area (Å²) in [4.78, 5) is 10.2. The second-order valence-corrected chi connectivity index (χ2v) is 8.45. The molecule has 1 aliphatic rings. The minimum absolute atomic E-state index is 0.342. The molecule has 1 fully saturated rings. The molecule has 0 saturated heterocycles. The first-order chi connectivity index (χ1) is 13.5. The molecule has 1 aliphatic carbocycles. The van der Waals surface area contributed by atoms with E-state index in [1.54, 1.807) is 5.56 Å². The van der Waals surface area contributed by atoms with Crippen LogP contribution in [-0.4, -0.2) is 11.1 Å². The highest BCUT2D eigenvalue weighted by molar-refractivity contribution is 5.66. The fraction of sp³-hybridized carbons (Fsp3) is 0.720. The van der Waals surface area contributed by atoms with Crippen LogP contribution in [0.25, 0.3) is 0 Å². The third-order valence-corrected chi connectivity index (χ3v) is 6.16. The van der Waals surface area contributed by atoms with Crippen LogP contribution in [0.15, 0.2) is 12.1 Å². The third kappa shape index (κ3) is 9.61. The van der Waals surface area contributed by atoms with Gasteiger partial charge in [-0.15, -0.1) is 0 Å².